The molecule has 272 valence electrons. The van der Waals surface area contributed by atoms with Gasteiger partial charge in [0.15, 0.2) is 0 Å². The van der Waals surface area contributed by atoms with Gasteiger partial charge in [-0.1, -0.05) is 66.0 Å². The van der Waals surface area contributed by atoms with Crippen LogP contribution in [0.1, 0.15) is 138 Å². The number of unbranched alkanes of at least 4 members (excludes halogenated alkanes) is 1. The number of hydrogen-bond donors (Lipinski definition) is 3. The number of carbonyl (C=O) groups excluding carboxylic acids is 1. The van der Waals surface area contributed by atoms with Gasteiger partial charge in [-0.2, -0.15) is 0 Å². The Morgan fingerprint density at radius 2 is 1.70 bits per heavy atom. The molecule has 4 rings (SSSR count). The molecule has 6 nitrogen and oxygen atoms in total. The average Bonchev–Trinajstić information content (AvgIpc) is 3.40. The largest absolute Gasteiger partial charge is 0.461 e. The molecule has 3 saturated carbocycles. The van der Waals surface area contributed by atoms with Crippen molar-refractivity contribution in [2.45, 2.75) is 144 Å². The molecule has 0 heterocycles. The Morgan fingerprint density at radius 3 is 2.43 bits per heavy atom. The fourth-order valence-corrected chi connectivity index (χ4v) is 11.3. The molecule has 4 aliphatic rings. The minimum atomic E-state index is -0.0517. The highest BCUT2D eigenvalue weighted by Gasteiger charge is 2.59. The van der Waals surface area contributed by atoms with E-state index in [1.165, 1.54) is 57.8 Å². The maximum Gasteiger partial charge on any atom is 0.320 e. The number of nitrogens with one attached hydrogen (secondary N) is 1. The van der Waals surface area contributed by atoms with Gasteiger partial charge in [-0.3, -0.25) is 9.69 Å². The van der Waals surface area contributed by atoms with Crippen LogP contribution in [-0.4, -0.2) is 62.8 Å². The van der Waals surface area contributed by atoms with Crippen molar-refractivity contribution in [1.29, 1.82) is 0 Å². The molecule has 0 aliphatic heterocycles. The zero-order chi connectivity index (χ0) is 34.0. The maximum absolute atomic E-state index is 13.2. The maximum atomic E-state index is 13.2. The van der Waals surface area contributed by atoms with Gasteiger partial charge in [0.1, 0.15) is 6.10 Å². The number of esters is 1. The third kappa shape index (κ3) is 9.64. The van der Waals surface area contributed by atoms with E-state index in [4.69, 9.17) is 16.2 Å². The van der Waals surface area contributed by atoms with E-state index in [-0.39, 0.29) is 17.5 Å². The first-order chi connectivity index (χ1) is 22.6. The second-order valence-corrected chi connectivity index (χ2v) is 17.3. The number of nitrogens with two attached hydrogens (primary N) is 2. The summed E-state index contributed by atoms with van der Waals surface area (Å²) in [5.74, 6) is 5.90. The number of ether oxygens (including phenoxy) is 1. The molecule has 0 aromatic rings. The summed E-state index contributed by atoms with van der Waals surface area (Å²) in [5.41, 5.74) is 13.8. The summed E-state index contributed by atoms with van der Waals surface area (Å²) in [5, 5.41) is 3.46. The van der Waals surface area contributed by atoms with Gasteiger partial charge in [0, 0.05) is 6.42 Å². The Bertz CT molecular complexity index is 984. The minimum Gasteiger partial charge on any atom is -0.461 e. The van der Waals surface area contributed by atoms with E-state index in [9.17, 15) is 4.79 Å². The Kier molecular flexibility index (Phi) is 15.2. The van der Waals surface area contributed by atoms with Crippen molar-refractivity contribution >= 4 is 5.97 Å². The van der Waals surface area contributed by atoms with Gasteiger partial charge >= 0.3 is 5.97 Å². The first kappa shape index (κ1) is 38.8. The average molecular weight is 657 g/mol. The number of fused-ring (bicyclic) bond motifs is 5. The van der Waals surface area contributed by atoms with Crippen LogP contribution in [0.25, 0.3) is 0 Å². The molecule has 5 N–H and O–H groups in total. The van der Waals surface area contributed by atoms with Crippen molar-refractivity contribution < 1.29 is 9.53 Å². The molecule has 0 aromatic heterocycles. The van der Waals surface area contributed by atoms with Gasteiger partial charge in [-0.15, -0.1) is 0 Å². The third-order valence-electron chi connectivity index (χ3n) is 14.2. The summed E-state index contributed by atoms with van der Waals surface area (Å²) < 4.78 is 6.21. The Hall–Kier alpha value is -0.950. The Balaban J connectivity index is 1.29. The first-order valence-corrected chi connectivity index (χ1v) is 20.3. The minimum absolute atomic E-state index is 0.0323. The summed E-state index contributed by atoms with van der Waals surface area (Å²) >= 11 is 0. The summed E-state index contributed by atoms with van der Waals surface area (Å²) in [6.07, 6.45) is 21.0. The summed E-state index contributed by atoms with van der Waals surface area (Å²) in [6, 6.07) is 0. The number of rotatable bonds is 20. The lowest BCUT2D eigenvalue weighted by molar-refractivity contribution is -0.152. The zero-order valence-electron chi connectivity index (χ0n) is 31.7. The molecule has 3 fully saturated rings. The van der Waals surface area contributed by atoms with Crippen LogP contribution in [0.4, 0.5) is 0 Å². The Labute approximate surface area is 290 Å². The SMILES string of the molecule is CCC(CCC(C)[C@H]1CC[C@H]2[C@@H]3CC=C4C[C@@H](OC(=O)CN(CCCN)CCCCNCCCN)CC[C@]4(C)[C@H]3CC[C@]12C)C(C)C. The van der Waals surface area contributed by atoms with E-state index in [0.717, 1.165) is 113 Å². The van der Waals surface area contributed by atoms with Crippen LogP contribution < -0.4 is 16.8 Å². The van der Waals surface area contributed by atoms with Crippen LogP contribution in [0.2, 0.25) is 0 Å². The van der Waals surface area contributed by atoms with Crippen molar-refractivity contribution in [2.24, 2.45) is 63.7 Å². The highest BCUT2D eigenvalue weighted by Crippen LogP contribution is 2.67. The van der Waals surface area contributed by atoms with E-state index in [2.05, 4.69) is 57.8 Å². The molecule has 0 bridgehead atoms. The molecule has 9 atom stereocenters. The molecule has 2 unspecified atom stereocenters. The van der Waals surface area contributed by atoms with E-state index < -0.39 is 0 Å². The standard InChI is InChI=1S/C41H76N4O2/c1-7-32(30(2)3)13-12-31(4)36-16-17-37-35-15-14-33-28-34(18-20-40(33,5)38(35)19-21-41(36,37)6)47-39(46)29-45(27-11-23-43)26-9-8-24-44-25-10-22-42/h14,30-32,34-38,44H,7-13,15-29,42-43H2,1-6H3/t31?,32?,34-,35-,36+,37-,38-,40-,41+/m0/s1. The van der Waals surface area contributed by atoms with Crippen LogP contribution in [0.3, 0.4) is 0 Å². The number of nitrogens with zero attached hydrogens (tertiary/aromatic N) is 1. The monoisotopic (exact) mass is 657 g/mol. The molecule has 47 heavy (non-hydrogen) atoms. The molecule has 6 heteroatoms. The van der Waals surface area contributed by atoms with Crippen LogP contribution in [-0.2, 0) is 9.53 Å². The molecule has 0 radical (unpaired) electrons. The van der Waals surface area contributed by atoms with Crippen LogP contribution in [0.5, 0.6) is 0 Å². The molecule has 0 spiro atoms. The predicted molar refractivity (Wildman–Crippen MR) is 198 cm³/mol. The zero-order valence-corrected chi connectivity index (χ0v) is 31.7. The van der Waals surface area contributed by atoms with Gasteiger partial charge in [0.05, 0.1) is 6.54 Å². The van der Waals surface area contributed by atoms with Crippen molar-refractivity contribution in [3.05, 3.63) is 11.6 Å². The fraction of sp³-hybridized carbons (Fsp3) is 0.927. The summed E-state index contributed by atoms with van der Waals surface area (Å²) in [4.78, 5) is 15.5. The topological polar surface area (TPSA) is 93.6 Å². The normalized spacial score (nSPS) is 33.2. The van der Waals surface area contributed by atoms with Crippen molar-refractivity contribution in [1.82, 2.24) is 10.2 Å². The second-order valence-electron chi connectivity index (χ2n) is 17.3. The number of allylic oxidation sites excluding steroid dienone is 1. The van der Waals surface area contributed by atoms with Gasteiger partial charge < -0.3 is 21.5 Å². The van der Waals surface area contributed by atoms with Gasteiger partial charge in [0.25, 0.3) is 0 Å². The van der Waals surface area contributed by atoms with Gasteiger partial charge in [-0.05, 0) is 169 Å². The first-order valence-electron chi connectivity index (χ1n) is 20.3. The number of hydrogen-bond acceptors (Lipinski definition) is 6. The van der Waals surface area contributed by atoms with E-state index in [1.54, 1.807) is 5.57 Å². The highest BCUT2D eigenvalue weighted by molar-refractivity contribution is 5.72. The van der Waals surface area contributed by atoms with Crippen LogP contribution in [0, 0.1) is 52.3 Å². The Morgan fingerprint density at radius 1 is 0.957 bits per heavy atom. The van der Waals surface area contributed by atoms with Crippen LogP contribution >= 0.6 is 0 Å². The van der Waals surface area contributed by atoms with E-state index in [1.807, 2.05) is 0 Å². The molecule has 0 aromatic carbocycles. The van der Waals surface area contributed by atoms with Crippen molar-refractivity contribution in [3.63, 3.8) is 0 Å². The smallest absolute Gasteiger partial charge is 0.320 e. The van der Waals surface area contributed by atoms with Gasteiger partial charge in [0.2, 0.25) is 0 Å². The highest BCUT2D eigenvalue weighted by atomic mass is 16.5. The van der Waals surface area contributed by atoms with E-state index >= 15 is 0 Å². The van der Waals surface area contributed by atoms with Crippen LogP contribution in [0.15, 0.2) is 11.6 Å². The predicted octanol–water partition coefficient (Wildman–Crippen LogP) is 7.95. The number of carbonyl (C=O) groups is 1. The fourth-order valence-electron chi connectivity index (χ4n) is 11.3. The lowest BCUT2D eigenvalue weighted by Gasteiger charge is -2.58. The third-order valence-corrected chi connectivity index (χ3v) is 14.2. The van der Waals surface area contributed by atoms with Gasteiger partial charge in [-0.25, -0.2) is 0 Å². The molecule has 0 saturated heterocycles. The van der Waals surface area contributed by atoms with Crippen molar-refractivity contribution in [3.8, 4) is 0 Å². The quantitative estimate of drug-likeness (QED) is 0.0700. The lowest BCUT2D eigenvalue weighted by atomic mass is 9.47. The summed E-state index contributed by atoms with van der Waals surface area (Å²) in [6.45, 7) is 20.7. The molecule has 4 aliphatic carbocycles. The molecular weight excluding hydrogens is 580 g/mol. The van der Waals surface area contributed by atoms with E-state index in [0.29, 0.717) is 18.5 Å². The molecule has 0 amide bonds. The molecular formula is C41H76N4O2. The second kappa shape index (κ2) is 18.3. The van der Waals surface area contributed by atoms with Crippen molar-refractivity contribution in [2.75, 3.05) is 45.8 Å². The summed E-state index contributed by atoms with van der Waals surface area (Å²) in [7, 11) is 0. The lowest BCUT2D eigenvalue weighted by Crippen LogP contribution is -2.51.